The van der Waals surface area contributed by atoms with Crippen molar-refractivity contribution in [1.82, 2.24) is 4.98 Å². The molecule has 0 fully saturated rings. The fourth-order valence-corrected chi connectivity index (χ4v) is 5.79. The molecule has 0 amide bonds. The number of fused-ring (bicyclic) bond motifs is 1. The van der Waals surface area contributed by atoms with Crippen molar-refractivity contribution in [3.8, 4) is 0 Å². The first kappa shape index (κ1) is 18.0. The topological polar surface area (TPSA) is 50.9 Å². The van der Waals surface area contributed by atoms with Gasteiger partial charge in [0.1, 0.15) is 5.15 Å². The normalized spacial score (nSPS) is 19.8. The molecular weight excluding hydrogens is 430 g/mol. The van der Waals surface area contributed by atoms with E-state index >= 15 is 0 Å². The molecule has 3 N–H and O–H groups in total. The first-order valence-corrected chi connectivity index (χ1v) is 10.6. The number of anilines is 1. The third-order valence-electron chi connectivity index (χ3n) is 4.72. The van der Waals surface area contributed by atoms with Crippen LogP contribution in [0.15, 0.2) is 53.0 Å². The number of nitrogens with zero attached hydrogens (tertiary/aromatic N) is 1. The lowest BCUT2D eigenvalue weighted by atomic mass is 9.88. The van der Waals surface area contributed by atoms with Crippen molar-refractivity contribution in [3.05, 3.63) is 68.6 Å². The Morgan fingerprint density at radius 2 is 2.00 bits per heavy atom. The number of thiophene rings is 1. The van der Waals surface area contributed by atoms with Crippen molar-refractivity contribution in [2.75, 3.05) is 5.32 Å². The molecule has 3 nitrogen and oxygen atoms in total. The van der Waals surface area contributed by atoms with Gasteiger partial charge < -0.3 is 11.1 Å². The van der Waals surface area contributed by atoms with Gasteiger partial charge in [-0.25, -0.2) is 4.98 Å². The zero-order valence-corrected chi connectivity index (χ0v) is 17.2. The summed E-state index contributed by atoms with van der Waals surface area (Å²) in [6.07, 6.45) is 6.27. The largest absolute Gasteiger partial charge is 0.380 e. The van der Waals surface area contributed by atoms with Crippen molar-refractivity contribution in [2.24, 2.45) is 5.73 Å². The van der Waals surface area contributed by atoms with E-state index in [-0.39, 0.29) is 6.04 Å². The molecule has 3 aromatic rings. The molecule has 1 aliphatic carbocycles. The summed E-state index contributed by atoms with van der Waals surface area (Å²) in [7, 11) is 0. The SMILES string of the molecule is N[C@H]1CC=CC[C@@H]1c1sc2c(NCc3ccccc3)cc(Cl)nc2c1Br. The number of benzene rings is 1. The van der Waals surface area contributed by atoms with Crippen LogP contribution in [-0.4, -0.2) is 11.0 Å². The summed E-state index contributed by atoms with van der Waals surface area (Å²) >= 11 is 11.8. The molecule has 0 spiro atoms. The Hall–Kier alpha value is -1.40. The van der Waals surface area contributed by atoms with Gasteiger partial charge in [-0.05, 0) is 34.3 Å². The summed E-state index contributed by atoms with van der Waals surface area (Å²) in [5, 5.41) is 4.01. The van der Waals surface area contributed by atoms with Gasteiger partial charge in [0, 0.05) is 29.4 Å². The second-order valence-corrected chi connectivity index (χ2v) is 8.74. The van der Waals surface area contributed by atoms with E-state index in [9.17, 15) is 0 Å². The van der Waals surface area contributed by atoms with E-state index in [0.717, 1.165) is 39.8 Å². The maximum Gasteiger partial charge on any atom is 0.131 e. The molecule has 0 bridgehead atoms. The summed E-state index contributed by atoms with van der Waals surface area (Å²) in [5.41, 5.74) is 9.53. The highest BCUT2D eigenvalue weighted by Crippen LogP contribution is 2.45. The monoisotopic (exact) mass is 447 g/mol. The Bertz CT molecular complexity index is 955. The van der Waals surface area contributed by atoms with Crippen molar-refractivity contribution in [2.45, 2.75) is 31.3 Å². The van der Waals surface area contributed by atoms with Gasteiger partial charge in [-0.2, -0.15) is 0 Å². The quantitative estimate of drug-likeness (QED) is 0.375. The zero-order valence-electron chi connectivity index (χ0n) is 14.1. The van der Waals surface area contributed by atoms with Gasteiger partial charge in [-0.15, -0.1) is 11.3 Å². The number of pyridine rings is 1. The molecule has 2 heterocycles. The van der Waals surface area contributed by atoms with Crippen LogP contribution in [-0.2, 0) is 6.54 Å². The van der Waals surface area contributed by atoms with Crippen LogP contribution in [0.1, 0.15) is 29.2 Å². The van der Waals surface area contributed by atoms with Crippen LogP contribution in [0.3, 0.4) is 0 Å². The lowest BCUT2D eigenvalue weighted by Crippen LogP contribution is -2.29. The molecule has 1 aromatic carbocycles. The van der Waals surface area contributed by atoms with Crippen LogP contribution in [0, 0.1) is 0 Å². The van der Waals surface area contributed by atoms with Gasteiger partial charge in [0.2, 0.25) is 0 Å². The minimum absolute atomic E-state index is 0.139. The van der Waals surface area contributed by atoms with E-state index < -0.39 is 0 Å². The summed E-state index contributed by atoms with van der Waals surface area (Å²) < 4.78 is 2.15. The average molecular weight is 449 g/mol. The minimum atomic E-state index is 0.139. The molecule has 0 unspecified atom stereocenters. The highest BCUT2D eigenvalue weighted by Gasteiger charge is 2.27. The average Bonchev–Trinajstić information content (AvgIpc) is 2.98. The molecule has 0 aliphatic heterocycles. The van der Waals surface area contributed by atoms with E-state index in [1.165, 1.54) is 10.4 Å². The van der Waals surface area contributed by atoms with Crippen LogP contribution in [0.5, 0.6) is 0 Å². The predicted molar refractivity (Wildman–Crippen MR) is 115 cm³/mol. The first-order chi connectivity index (χ1) is 12.6. The molecule has 134 valence electrons. The minimum Gasteiger partial charge on any atom is -0.380 e. The predicted octanol–water partition coefficient (Wildman–Crippen LogP) is 6.09. The van der Waals surface area contributed by atoms with Gasteiger partial charge in [-0.1, -0.05) is 54.1 Å². The smallest absolute Gasteiger partial charge is 0.131 e. The molecule has 0 radical (unpaired) electrons. The Morgan fingerprint density at radius 3 is 2.77 bits per heavy atom. The number of nitrogens with one attached hydrogen (secondary N) is 1. The molecule has 6 heteroatoms. The first-order valence-electron chi connectivity index (χ1n) is 8.60. The summed E-state index contributed by atoms with van der Waals surface area (Å²) in [5.74, 6) is 0.314. The van der Waals surface area contributed by atoms with Gasteiger partial charge in [0.25, 0.3) is 0 Å². The Morgan fingerprint density at radius 1 is 1.23 bits per heavy atom. The molecule has 2 atom stereocenters. The summed E-state index contributed by atoms with van der Waals surface area (Å²) in [4.78, 5) is 5.82. The van der Waals surface area contributed by atoms with Crippen molar-refractivity contribution >= 4 is 54.8 Å². The van der Waals surface area contributed by atoms with Crippen molar-refractivity contribution in [3.63, 3.8) is 0 Å². The number of hydrogen-bond acceptors (Lipinski definition) is 4. The Kier molecular flexibility index (Phi) is 5.32. The number of allylic oxidation sites excluding steroid dienone is 1. The fraction of sp³-hybridized carbons (Fsp3) is 0.250. The van der Waals surface area contributed by atoms with Crippen LogP contribution in [0.25, 0.3) is 10.2 Å². The molecule has 0 saturated carbocycles. The fourth-order valence-electron chi connectivity index (χ4n) is 3.33. The van der Waals surface area contributed by atoms with Gasteiger partial charge in [-0.3, -0.25) is 0 Å². The highest BCUT2D eigenvalue weighted by molar-refractivity contribution is 9.10. The maximum absolute atomic E-state index is 6.38. The van der Waals surface area contributed by atoms with Crippen LogP contribution in [0.4, 0.5) is 5.69 Å². The molecule has 26 heavy (non-hydrogen) atoms. The van der Waals surface area contributed by atoms with Gasteiger partial charge >= 0.3 is 0 Å². The molecular formula is C20H19BrClN3S. The maximum atomic E-state index is 6.38. The molecule has 0 saturated heterocycles. The summed E-state index contributed by atoms with van der Waals surface area (Å²) in [6.45, 7) is 0.743. The number of rotatable bonds is 4. The Balaban J connectivity index is 1.72. The van der Waals surface area contributed by atoms with E-state index in [0.29, 0.717) is 11.1 Å². The van der Waals surface area contributed by atoms with Gasteiger partial charge in [0.15, 0.2) is 0 Å². The van der Waals surface area contributed by atoms with Crippen LogP contribution >= 0.6 is 38.9 Å². The number of nitrogens with two attached hydrogens (primary N) is 1. The van der Waals surface area contributed by atoms with E-state index in [1.54, 1.807) is 11.3 Å². The number of aromatic nitrogens is 1. The third kappa shape index (κ3) is 3.54. The van der Waals surface area contributed by atoms with Gasteiger partial charge in [0.05, 0.1) is 20.4 Å². The highest BCUT2D eigenvalue weighted by atomic mass is 79.9. The summed E-state index contributed by atoms with van der Waals surface area (Å²) in [6, 6.07) is 12.4. The lowest BCUT2D eigenvalue weighted by Gasteiger charge is -2.24. The Labute approximate surface area is 170 Å². The molecule has 1 aliphatic rings. The van der Waals surface area contributed by atoms with Crippen LogP contribution < -0.4 is 11.1 Å². The number of halogens is 2. The van der Waals surface area contributed by atoms with Crippen molar-refractivity contribution < 1.29 is 0 Å². The second kappa shape index (κ2) is 7.69. The number of hydrogen-bond donors (Lipinski definition) is 2. The third-order valence-corrected chi connectivity index (χ3v) is 7.33. The van der Waals surface area contributed by atoms with E-state index in [1.807, 2.05) is 24.3 Å². The second-order valence-electron chi connectivity index (χ2n) is 6.50. The standard InChI is InChI=1S/C20H19BrClN3S/c21-17-18-20(26-19(17)13-8-4-5-9-14(13)23)15(10-16(22)25-18)24-11-12-6-2-1-3-7-12/h1-7,10,13-14H,8-9,11,23H2,(H,24,25)/t13-,14-/m0/s1. The van der Waals surface area contributed by atoms with E-state index in [4.69, 9.17) is 17.3 Å². The molecule has 2 aromatic heterocycles. The van der Waals surface area contributed by atoms with E-state index in [2.05, 4.69) is 50.5 Å². The lowest BCUT2D eigenvalue weighted by molar-refractivity contribution is 0.527. The zero-order chi connectivity index (χ0) is 18.1. The van der Waals surface area contributed by atoms with Crippen LogP contribution in [0.2, 0.25) is 5.15 Å². The molecule has 4 rings (SSSR count). The van der Waals surface area contributed by atoms with Crippen molar-refractivity contribution in [1.29, 1.82) is 0 Å².